The Balaban J connectivity index is 2.42. The second-order valence-corrected chi connectivity index (χ2v) is 8.32. The fraction of sp³-hybridized carbons (Fsp3) is 0.333. The van der Waals surface area contributed by atoms with Crippen molar-refractivity contribution in [2.24, 2.45) is 10.3 Å². The van der Waals surface area contributed by atoms with E-state index < -0.39 is 30.5 Å². The van der Waals surface area contributed by atoms with Gasteiger partial charge in [-0.05, 0) is 12.0 Å². The van der Waals surface area contributed by atoms with Crippen LogP contribution in [0.15, 0.2) is 42.5 Å². The van der Waals surface area contributed by atoms with Crippen LogP contribution in [-0.2, 0) is 20.0 Å². The molecule has 3 unspecified atom stereocenters. The summed E-state index contributed by atoms with van der Waals surface area (Å²) in [5.41, 5.74) is 0.908. The molecule has 1 aromatic rings. The highest BCUT2D eigenvalue weighted by Gasteiger charge is 2.40. The first-order valence-corrected chi connectivity index (χ1v) is 9.18. The number of sulfonamides is 2. The van der Waals surface area contributed by atoms with Crippen LogP contribution < -0.4 is 10.3 Å². The van der Waals surface area contributed by atoms with Gasteiger partial charge in [0.1, 0.15) is 5.25 Å². The molecule has 6 nitrogen and oxygen atoms in total. The maximum Gasteiger partial charge on any atom is 0.216 e. The van der Waals surface area contributed by atoms with Crippen molar-refractivity contribution >= 4 is 20.0 Å². The molecule has 1 aliphatic carbocycles. The largest absolute Gasteiger partial charge is 0.228 e. The van der Waals surface area contributed by atoms with Gasteiger partial charge >= 0.3 is 0 Å². The molecule has 20 heavy (non-hydrogen) atoms. The maximum atomic E-state index is 11.6. The van der Waals surface area contributed by atoms with Crippen molar-refractivity contribution in [1.82, 2.24) is 0 Å². The molecule has 0 radical (unpaired) electrons. The summed E-state index contributed by atoms with van der Waals surface area (Å²) in [4.78, 5) is 0. The van der Waals surface area contributed by atoms with E-state index in [2.05, 4.69) is 0 Å². The SMILES string of the molecule is NS(=O)(=O)C1C=CC(c2ccccc2)CC1S(N)(=O)=O. The predicted octanol–water partition coefficient (Wildman–Crippen LogP) is 0.0443. The van der Waals surface area contributed by atoms with E-state index in [4.69, 9.17) is 10.3 Å². The molecule has 0 aliphatic heterocycles. The quantitative estimate of drug-likeness (QED) is 0.765. The molecule has 0 bridgehead atoms. The molecular weight excluding hydrogens is 300 g/mol. The van der Waals surface area contributed by atoms with Crippen LogP contribution in [0, 0.1) is 0 Å². The lowest BCUT2D eigenvalue weighted by atomic mass is 9.89. The third-order valence-corrected chi connectivity index (χ3v) is 6.16. The second kappa shape index (κ2) is 5.28. The zero-order chi connectivity index (χ0) is 15.0. The summed E-state index contributed by atoms with van der Waals surface area (Å²) in [5, 5.41) is 7.72. The third-order valence-electron chi connectivity index (χ3n) is 3.41. The number of nitrogens with two attached hydrogens (primary N) is 2. The van der Waals surface area contributed by atoms with E-state index in [1.165, 1.54) is 6.08 Å². The standard InChI is InChI=1S/C12H16N2O4S2/c13-19(15,16)11-7-6-10(8-12(11)20(14,17)18)9-4-2-1-3-5-9/h1-7,10-12H,8H2,(H2,13,15,16)(H2,14,17,18). The summed E-state index contributed by atoms with van der Waals surface area (Å²) in [6.45, 7) is 0. The molecule has 8 heteroatoms. The average molecular weight is 316 g/mol. The minimum absolute atomic E-state index is 0.0977. The van der Waals surface area contributed by atoms with Crippen LogP contribution in [-0.4, -0.2) is 27.3 Å². The molecule has 0 spiro atoms. The van der Waals surface area contributed by atoms with Gasteiger partial charge in [-0.3, -0.25) is 0 Å². The molecule has 1 aromatic carbocycles. The number of hydrogen-bond acceptors (Lipinski definition) is 4. The van der Waals surface area contributed by atoms with Crippen LogP contribution in [0.2, 0.25) is 0 Å². The van der Waals surface area contributed by atoms with E-state index in [0.29, 0.717) is 0 Å². The highest BCUT2D eigenvalue weighted by molar-refractivity contribution is 7.93. The Labute approximate surface area is 118 Å². The number of allylic oxidation sites excluding steroid dienone is 1. The van der Waals surface area contributed by atoms with Gasteiger partial charge in [-0.25, -0.2) is 27.1 Å². The summed E-state index contributed by atoms with van der Waals surface area (Å²) in [6.07, 6.45) is 3.10. The van der Waals surface area contributed by atoms with E-state index in [-0.39, 0.29) is 12.3 Å². The van der Waals surface area contributed by atoms with Crippen molar-refractivity contribution in [1.29, 1.82) is 0 Å². The fourth-order valence-corrected chi connectivity index (χ4v) is 5.13. The molecule has 1 aliphatic rings. The zero-order valence-corrected chi connectivity index (χ0v) is 12.2. The molecule has 0 fully saturated rings. The van der Waals surface area contributed by atoms with Gasteiger partial charge in [0.05, 0.1) is 5.25 Å². The molecule has 0 amide bonds. The van der Waals surface area contributed by atoms with Gasteiger partial charge < -0.3 is 0 Å². The van der Waals surface area contributed by atoms with E-state index in [1.807, 2.05) is 30.3 Å². The van der Waals surface area contributed by atoms with Gasteiger partial charge in [-0.15, -0.1) is 0 Å². The van der Waals surface area contributed by atoms with Crippen LogP contribution in [0.4, 0.5) is 0 Å². The lowest BCUT2D eigenvalue weighted by Crippen LogP contribution is -2.46. The van der Waals surface area contributed by atoms with Gasteiger partial charge in [-0.1, -0.05) is 42.5 Å². The van der Waals surface area contributed by atoms with Crippen LogP contribution in [0.3, 0.4) is 0 Å². The maximum absolute atomic E-state index is 11.6. The topological polar surface area (TPSA) is 120 Å². The molecule has 2 rings (SSSR count). The summed E-state index contributed by atoms with van der Waals surface area (Å²) in [6, 6.07) is 9.22. The highest BCUT2D eigenvalue weighted by Crippen LogP contribution is 2.32. The highest BCUT2D eigenvalue weighted by atomic mass is 32.2. The Hall–Kier alpha value is -1.22. The minimum Gasteiger partial charge on any atom is -0.228 e. The van der Waals surface area contributed by atoms with E-state index in [9.17, 15) is 16.8 Å². The van der Waals surface area contributed by atoms with E-state index in [0.717, 1.165) is 5.56 Å². The number of hydrogen-bond donors (Lipinski definition) is 2. The smallest absolute Gasteiger partial charge is 0.216 e. The Bertz CT molecular complexity index is 711. The third kappa shape index (κ3) is 3.26. The van der Waals surface area contributed by atoms with Gasteiger partial charge in [-0.2, -0.15) is 0 Å². The van der Waals surface area contributed by atoms with Gasteiger partial charge in [0.25, 0.3) is 0 Å². The number of primary sulfonamides is 2. The van der Waals surface area contributed by atoms with Crippen molar-refractivity contribution in [2.45, 2.75) is 22.8 Å². The van der Waals surface area contributed by atoms with Crippen molar-refractivity contribution in [3.8, 4) is 0 Å². The van der Waals surface area contributed by atoms with Crippen molar-refractivity contribution in [3.63, 3.8) is 0 Å². The Morgan fingerprint density at radius 1 is 0.900 bits per heavy atom. The van der Waals surface area contributed by atoms with Gasteiger partial charge in [0, 0.05) is 5.92 Å². The second-order valence-electron chi connectivity index (χ2n) is 4.82. The predicted molar refractivity (Wildman–Crippen MR) is 76.7 cm³/mol. The monoisotopic (exact) mass is 316 g/mol. The van der Waals surface area contributed by atoms with Crippen molar-refractivity contribution in [3.05, 3.63) is 48.0 Å². The van der Waals surface area contributed by atoms with E-state index >= 15 is 0 Å². The molecule has 3 atom stereocenters. The van der Waals surface area contributed by atoms with Crippen LogP contribution in [0.1, 0.15) is 17.9 Å². The van der Waals surface area contributed by atoms with Crippen LogP contribution >= 0.6 is 0 Å². The minimum atomic E-state index is -4.01. The van der Waals surface area contributed by atoms with Crippen LogP contribution in [0.25, 0.3) is 0 Å². The Kier molecular flexibility index (Phi) is 4.01. The molecule has 4 N–H and O–H groups in total. The lowest BCUT2D eigenvalue weighted by molar-refractivity contribution is 0.541. The fourth-order valence-electron chi connectivity index (χ4n) is 2.42. The molecule has 0 saturated carbocycles. The first kappa shape index (κ1) is 15.2. The molecule has 0 aromatic heterocycles. The lowest BCUT2D eigenvalue weighted by Gasteiger charge is -2.29. The van der Waals surface area contributed by atoms with E-state index in [1.54, 1.807) is 6.08 Å². The normalized spacial score (nSPS) is 27.4. The summed E-state index contributed by atoms with van der Waals surface area (Å²) >= 11 is 0. The van der Waals surface area contributed by atoms with Crippen molar-refractivity contribution in [2.75, 3.05) is 0 Å². The average Bonchev–Trinajstić information content (AvgIpc) is 2.37. The van der Waals surface area contributed by atoms with Gasteiger partial charge in [0.2, 0.25) is 20.0 Å². The summed E-state index contributed by atoms with van der Waals surface area (Å²) in [7, 11) is -8.02. The molecular formula is C12H16N2O4S2. The first-order chi connectivity index (χ1) is 9.19. The zero-order valence-electron chi connectivity index (χ0n) is 10.6. The first-order valence-electron chi connectivity index (χ1n) is 5.96. The molecule has 110 valence electrons. The molecule has 0 saturated heterocycles. The van der Waals surface area contributed by atoms with Gasteiger partial charge in [0.15, 0.2) is 0 Å². The van der Waals surface area contributed by atoms with Crippen LogP contribution in [0.5, 0.6) is 0 Å². The number of benzene rings is 1. The van der Waals surface area contributed by atoms with Crippen molar-refractivity contribution < 1.29 is 16.8 Å². The summed E-state index contributed by atoms with van der Waals surface area (Å²) < 4.78 is 46.3. The Morgan fingerprint density at radius 2 is 1.50 bits per heavy atom. The summed E-state index contributed by atoms with van der Waals surface area (Å²) in [5.74, 6) is -0.197. The molecule has 0 heterocycles. The Morgan fingerprint density at radius 3 is 2.00 bits per heavy atom. The number of rotatable bonds is 3.